The lowest BCUT2D eigenvalue weighted by molar-refractivity contribution is 0.0918. The normalized spacial score (nSPS) is 19.7. The minimum Gasteiger partial charge on any atom is -0.492 e. The fourth-order valence-electron chi connectivity index (χ4n) is 7.11. The standard InChI is InChI=1S/C31H52N2O4/c1-34-28-26-22-24(23-27(26)29(35-2)31(37-4)30(28)36-3)14-10-7-5-6-8-11-17-32-20-15-25(16-21-32)33-18-12-9-13-19-33/h24-25H,5-23H2,1-4H3. The maximum atomic E-state index is 5.76. The zero-order valence-corrected chi connectivity index (χ0v) is 24.1. The zero-order valence-electron chi connectivity index (χ0n) is 24.1. The molecule has 0 spiro atoms. The Bertz CT molecular complexity index is 790. The first kappa shape index (κ1) is 28.4. The number of hydrogen-bond acceptors (Lipinski definition) is 6. The minimum absolute atomic E-state index is 0.641. The molecule has 3 aliphatic rings. The number of ether oxygens (including phenoxy) is 4. The van der Waals surface area contributed by atoms with Gasteiger partial charge in [-0.2, -0.15) is 0 Å². The van der Waals surface area contributed by atoms with E-state index in [0.717, 1.165) is 30.4 Å². The molecule has 37 heavy (non-hydrogen) atoms. The molecule has 2 saturated heterocycles. The molecule has 4 rings (SSSR count). The molecule has 2 aliphatic heterocycles. The second kappa shape index (κ2) is 14.5. The van der Waals surface area contributed by atoms with Gasteiger partial charge >= 0.3 is 0 Å². The number of hydrogen-bond donors (Lipinski definition) is 0. The summed E-state index contributed by atoms with van der Waals surface area (Å²) in [6, 6.07) is 0.871. The van der Waals surface area contributed by atoms with E-state index in [1.54, 1.807) is 28.4 Å². The highest BCUT2D eigenvalue weighted by molar-refractivity contribution is 5.68. The van der Waals surface area contributed by atoms with Gasteiger partial charge in [0.1, 0.15) is 0 Å². The Morgan fingerprint density at radius 2 is 1.11 bits per heavy atom. The number of benzene rings is 1. The van der Waals surface area contributed by atoms with Gasteiger partial charge in [-0.25, -0.2) is 0 Å². The molecule has 2 fully saturated rings. The van der Waals surface area contributed by atoms with E-state index < -0.39 is 0 Å². The lowest BCUT2D eigenvalue weighted by atomic mass is 9.97. The largest absolute Gasteiger partial charge is 0.492 e. The Kier molecular flexibility index (Phi) is 11.1. The van der Waals surface area contributed by atoms with Gasteiger partial charge in [-0.1, -0.05) is 38.5 Å². The third kappa shape index (κ3) is 7.06. The van der Waals surface area contributed by atoms with E-state index >= 15 is 0 Å². The van der Waals surface area contributed by atoms with Gasteiger partial charge in [0.05, 0.1) is 28.4 Å². The molecular weight excluding hydrogens is 464 g/mol. The average molecular weight is 517 g/mol. The van der Waals surface area contributed by atoms with Gasteiger partial charge in [0, 0.05) is 17.2 Å². The van der Waals surface area contributed by atoms with Crippen molar-refractivity contribution >= 4 is 0 Å². The number of methoxy groups -OCH3 is 4. The number of piperidine rings is 2. The average Bonchev–Trinajstić information content (AvgIpc) is 3.37. The smallest absolute Gasteiger partial charge is 0.207 e. The third-order valence-electron chi connectivity index (χ3n) is 9.13. The molecule has 0 N–H and O–H groups in total. The summed E-state index contributed by atoms with van der Waals surface area (Å²) in [4.78, 5) is 5.51. The Labute approximate surface area is 226 Å². The number of nitrogens with zero attached hydrogens (tertiary/aromatic N) is 2. The van der Waals surface area contributed by atoms with Crippen molar-refractivity contribution in [1.82, 2.24) is 9.80 Å². The lowest BCUT2D eigenvalue weighted by Crippen LogP contribution is -2.46. The Morgan fingerprint density at radius 1 is 0.595 bits per heavy atom. The van der Waals surface area contributed by atoms with Gasteiger partial charge < -0.3 is 28.7 Å². The van der Waals surface area contributed by atoms with Gasteiger partial charge in [-0.05, 0) is 90.0 Å². The molecule has 210 valence electrons. The molecule has 2 heterocycles. The third-order valence-corrected chi connectivity index (χ3v) is 9.13. The van der Waals surface area contributed by atoms with Gasteiger partial charge in [-0.15, -0.1) is 0 Å². The van der Waals surface area contributed by atoms with Crippen LogP contribution in [-0.2, 0) is 12.8 Å². The first-order valence-electron chi connectivity index (χ1n) is 15.0. The maximum Gasteiger partial charge on any atom is 0.207 e. The monoisotopic (exact) mass is 516 g/mol. The number of unbranched alkanes of at least 4 members (excludes halogenated alkanes) is 5. The van der Waals surface area contributed by atoms with Crippen LogP contribution in [0.3, 0.4) is 0 Å². The Balaban J connectivity index is 1.09. The summed E-state index contributed by atoms with van der Waals surface area (Å²) >= 11 is 0. The van der Waals surface area contributed by atoms with Gasteiger partial charge in [0.25, 0.3) is 0 Å². The summed E-state index contributed by atoms with van der Waals surface area (Å²) in [7, 11) is 6.76. The van der Waals surface area contributed by atoms with Crippen LogP contribution in [0, 0.1) is 5.92 Å². The minimum atomic E-state index is 0.641. The van der Waals surface area contributed by atoms with E-state index in [0.29, 0.717) is 17.4 Å². The molecule has 0 saturated carbocycles. The first-order chi connectivity index (χ1) is 18.2. The molecular formula is C31H52N2O4. The highest BCUT2D eigenvalue weighted by atomic mass is 16.5. The van der Waals surface area contributed by atoms with Crippen molar-refractivity contribution in [2.24, 2.45) is 5.92 Å². The number of likely N-dealkylation sites (tertiary alicyclic amines) is 2. The van der Waals surface area contributed by atoms with E-state index in [-0.39, 0.29) is 0 Å². The van der Waals surface area contributed by atoms with E-state index in [2.05, 4.69) is 9.80 Å². The van der Waals surface area contributed by atoms with Crippen LogP contribution in [-0.4, -0.2) is 77.0 Å². The first-order valence-corrected chi connectivity index (χ1v) is 15.0. The van der Waals surface area contributed by atoms with Gasteiger partial charge in [0.2, 0.25) is 11.5 Å². The number of fused-ring (bicyclic) bond motifs is 1. The molecule has 1 aromatic rings. The second-order valence-corrected chi connectivity index (χ2v) is 11.4. The van der Waals surface area contributed by atoms with E-state index in [1.165, 1.54) is 121 Å². The van der Waals surface area contributed by atoms with Crippen molar-refractivity contribution in [3.05, 3.63) is 11.1 Å². The Hall–Kier alpha value is -1.66. The highest BCUT2D eigenvalue weighted by Crippen LogP contribution is 2.53. The van der Waals surface area contributed by atoms with Gasteiger partial charge in [0.15, 0.2) is 11.5 Å². The second-order valence-electron chi connectivity index (χ2n) is 11.4. The van der Waals surface area contributed by atoms with E-state index in [1.807, 2.05) is 0 Å². The Morgan fingerprint density at radius 3 is 1.65 bits per heavy atom. The van der Waals surface area contributed by atoms with Gasteiger partial charge in [-0.3, -0.25) is 0 Å². The van der Waals surface area contributed by atoms with Crippen LogP contribution in [0.5, 0.6) is 23.0 Å². The molecule has 0 radical (unpaired) electrons. The summed E-state index contributed by atoms with van der Waals surface area (Å²) in [6.45, 7) is 6.65. The summed E-state index contributed by atoms with van der Waals surface area (Å²) < 4.78 is 22.8. The van der Waals surface area contributed by atoms with Crippen LogP contribution in [0.15, 0.2) is 0 Å². The van der Waals surface area contributed by atoms with Crippen molar-refractivity contribution in [2.45, 2.75) is 95.9 Å². The quantitative estimate of drug-likeness (QED) is 0.278. The molecule has 6 heteroatoms. The summed E-state index contributed by atoms with van der Waals surface area (Å²) in [5.74, 6) is 3.56. The molecule has 0 unspecified atom stereocenters. The van der Waals surface area contributed by atoms with E-state index in [4.69, 9.17) is 18.9 Å². The number of rotatable bonds is 14. The van der Waals surface area contributed by atoms with Crippen LogP contribution in [0.1, 0.15) is 88.2 Å². The molecule has 0 bridgehead atoms. The SMILES string of the molecule is COc1c2c(c(OC)c(OC)c1OC)CC(CCCCCCCCN1CCC(N3CCCCC3)CC1)C2. The fraction of sp³-hybridized carbons (Fsp3) is 0.806. The molecule has 1 aromatic carbocycles. The summed E-state index contributed by atoms with van der Waals surface area (Å²) in [6.07, 6.45) is 18.5. The van der Waals surface area contributed by atoms with Crippen molar-refractivity contribution in [1.29, 1.82) is 0 Å². The highest BCUT2D eigenvalue weighted by Gasteiger charge is 2.34. The van der Waals surface area contributed by atoms with Crippen molar-refractivity contribution in [2.75, 3.05) is 61.2 Å². The van der Waals surface area contributed by atoms with Crippen molar-refractivity contribution < 1.29 is 18.9 Å². The van der Waals surface area contributed by atoms with E-state index in [9.17, 15) is 0 Å². The van der Waals surface area contributed by atoms with Crippen molar-refractivity contribution in [3.63, 3.8) is 0 Å². The summed E-state index contributed by atoms with van der Waals surface area (Å²) in [5, 5.41) is 0. The molecule has 1 aliphatic carbocycles. The van der Waals surface area contributed by atoms with Crippen LogP contribution in [0.25, 0.3) is 0 Å². The molecule has 0 atom stereocenters. The molecule has 0 amide bonds. The topological polar surface area (TPSA) is 43.4 Å². The molecule has 0 aromatic heterocycles. The van der Waals surface area contributed by atoms with Crippen LogP contribution in [0.2, 0.25) is 0 Å². The van der Waals surface area contributed by atoms with Crippen LogP contribution < -0.4 is 18.9 Å². The van der Waals surface area contributed by atoms with Crippen LogP contribution in [0.4, 0.5) is 0 Å². The predicted molar refractivity (Wildman–Crippen MR) is 151 cm³/mol. The molecule has 6 nitrogen and oxygen atoms in total. The fourth-order valence-corrected chi connectivity index (χ4v) is 7.11. The lowest BCUT2D eigenvalue weighted by Gasteiger charge is -2.40. The maximum absolute atomic E-state index is 5.76. The van der Waals surface area contributed by atoms with Crippen molar-refractivity contribution in [3.8, 4) is 23.0 Å². The van der Waals surface area contributed by atoms with Crippen LogP contribution >= 0.6 is 0 Å². The zero-order chi connectivity index (χ0) is 26.0. The summed E-state index contributed by atoms with van der Waals surface area (Å²) in [5.41, 5.74) is 2.48. The predicted octanol–water partition coefficient (Wildman–Crippen LogP) is 6.12.